The number of nitrogens with one attached hydrogen (secondary N) is 1. The first-order chi connectivity index (χ1) is 12.7. The normalized spacial score (nSPS) is 10.5. The Labute approximate surface area is 151 Å². The van der Waals surface area contributed by atoms with Crippen LogP contribution >= 0.6 is 0 Å². The molecule has 0 saturated carbocycles. The monoisotopic (exact) mass is 350 g/mol. The third-order valence-electron chi connectivity index (χ3n) is 2.78. The highest BCUT2D eigenvalue weighted by atomic mass is 16.7. The van der Waals surface area contributed by atoms with Crippen molar-refractivity contribution in [3.05, 3.63) is 83.9 Å². The van der Waals surface area contributed by atoms with E-state index in [9.17, 15) is 9.59 Å². The van der Waals surface area contributed by atoms with E-state index in [1.165, 1.54) is 12.2 Å². The molecule has 0 aliphatic heterocycles. The standard InChI is InChI=1S/C19H15NO4.CH3N/c21-18(13-11-16-7-3-1-4-8-16)23-15-20-24-19(22)14-12-17-9-5-2-6-10-17;1-2/h1-15H;2H,1H2. The Kier molecular flexibility index (Phi) is 9.81. The lowest BCUT2D eigenvalue weighted by Crippen LogP contribution is -2.00. The van der Waals surface area contributed by atoms with E-state index < -0.39 is 11.9 Å². The summed E-state index contributed by atoms with van der Waals surface area (Å²) in [4.78, 5) is 27.3. The Bertz CT molecular complexity index is 703. The number of hydrogen-bond donors (Lipinski definition) is 1. The molecule has 0 spiro atoms. The SMILES string of the molecule is C=N.O=C(C=Cc1ccccc1)OC=NOC(=O)C=Cc1ccccc1. The zero-order valence-electron chi connectivity index (χ0n) is 13.9. The van der Waals surface area contributed by atoms with Gasteiger partial charge in [0.15, 0.2) is 0 Å². The van der Waals surface area contributed by atoms with Crippen molar-refractivity contribution in [2.75, 3.05) is 0 Å². The topological polar surface area (TPSA) is 88.8 Å². The maximum absolute atomic E-state index is 11.4. The lowest BCUT2D eigenvalue weighted by molar-refractivity contribution is -0.138. The molecule has 1 N–H and O–H groups in total. The van der Waals surface area contributed by atoms with Gasteiger partial charge in [0.1, 0.15) is 0 Å². The molecule has 0 amide bonds. The molecule has 6 nitrogen and oxygen atoms in total. The van der Waals surface area contributed by atoms with Crippen LogP contribution in [-0.2, 0) is 19.2 Å². The molecule has 0 unspecified atom stereocenters. The molecule has 0 saturated heterocycles. The predicted molar refractivity (Wildman–Crippen MR) is 101 cm³/mol. The fourth-order valence-electron chi connectivity index (χ4n) is 1.67. The van der Waals surface area contributed by atoms with Crippen LogP contribution in [0.5, 0.6) is 0 Å². The van der Waals surface area contributed by atoms with E-state index in [1.807, 2.05) is 60.7 Å². The van der Waals surface area contributed by atoms with Crippen LogP contribution in [-0.4, -0.2) is 25.1 Å². The van der Waals surface area contributed by atoms with Crippen molar-refractivity contribution >= 4 is 37.2 Å². The first kappa shape index (κ1) is 20.2. The van der Waals surface area contributed by atoms with Gasteiger partial charge in [0.25, 0.3) is 0 Å². The molecule has 0 aliphatic carbocycles. The number of hydrogen-bond acceptors (Lipinski definition) is 6. The second kappa shape index (κ2) is 12.6. The van der Waals surface area contributed by atoms with E-state index in [0.717, 1.165) is 17.5 Å². The van der Waals surface area contributed by atoms with Crippen molar-refractivity contribution in [3.8, 4) is 0 Å². The zero-order chi connectivity index (χ0) is 19.0. The first-order valence-corrected chi connectivity index (χ1v) is 7.49. The molecule has 0 radical (unpaired) electrons. The van der Waals surface area contributed by atoms with Crippen LogP contribution in [0.25, 0.3) is 12.2 Å². The molecular formula is C20H18N2O4. The summed E-state index contributed by atoms with van der Waals surface area (Å²) < 4.78 is 4.66. The molecule has 0 heterocycles. The van der Waals surface area contributed by atoms with Gasteiger partial charge in [0, 0.05) is 12.2 Å². The van der Waals surface area contributed by atoms with E-state index in [0.29, 0.717) is 0 Å². The molecule has 132 valence electrons. The minimum atomic E-state index is -0.675. The van der Waals surface area contributed by atoms with Crippen LogP contribution < -0.4 is 0 Å². The largest absolute Gasteiger partial charge is 0.408 e. The second-order valence-electron chi connectivity index (χ2n) is 4.55. The van der Waals surface area contributed by atoms with Crippen molar-refractivity contribution < 1.29 is 19.2 Å². The summed E-state index contributed by atoms with van der Waals surface area (Å²) >= 11 is 0. The van der Waals surface area contributed by atoms with Crippen LogP contribution in [0.2, 0.25) is 0 Å². The molecule has 0 bridgehead atoms. The summed E-state index contributed by atoms with van der Waals surface area (Å²) in [7, 11) is 0. The quantitative estimate of drug-likeness (QED) is 0.215. The van der Waals surface area contributed by atoms with Gasteiger partial charge in [-0.2, -0.15) is 0 Å². The molecule has 0 fully saturated rings. The highest BCUT2D eigenvalue weighted by Gasteiger charge is 1.97. The Morgan fingerprint density at radius 2 is 1.27 bits per heavy atom. The van der Waals surface area contributed by atoms with Gasteiger partial charge in [-0.25, -0.2) is 9.59 Å². The van der Waals surface area contributed by atoms with Crippen LogP contribution in [0, 0.1) is 5.41 Å². The second-order valence-corrected chi connectivity index (χ2v) is 4.55. The lowest BCUT2D eigenvalue weighted by atomic mass is 10.2. The summed E-state index contributed by atoms with van der Waals surface area (Å²) in [6.07, 6.45) is 6.44. The smallest absolute Gasteiger partial charge is 0.358 e. The summed E-state index contributed by atoms with van der Waals surface area (Å²) in [6, 6.07) is 18.5. The minimum Gasteiger partial charge on any atom is -0.408 e. The van der Waals surface area contributed by atoms with Gasteiger partial charge < -0.3 is 15.0 Å². The maximum atomic E-state index is 11.4. The summed E-state index contributed by atoms with van der Waals surface area (Å²) in [5, 5.41) is 8.78. The highest BCUT2D eigenvalue weighted by molar-refractivity contribution is 5.91. The molecular weight excluding hydrogens is 332 g/mol. The molecule has 2 rings (SSSR count). The van der Waals surface area contributed by atoms with E-state index in [-0.39, 0.29) is 0 Å². The van der Waals surface area contributed by atoms with Crippen LogP contribution in [0.4, 0.5) is 0 Å². The van der Waals surface area contributed by atoms with Crippen molar-refractivity contribution in [2.45, 2.75) is 0 Å². The van der Waals surface area contributed by atoms with E-state index in [1.54, 1.807) is 12.2 Å². The average molecular weight is 350 g/mol. The number of ether oxygens (including phenoxy) is 1. The van der Waals surface area contributed by atoms with Gasteiger partial charge >= 0.3 is 11.9 Å². The van der Waals surface area contributed by atoms with Crippen molar-refractivity contribution in [1.82, 2.24) is 0 Å². The highest BCUT2D eigenvalue weighted by Crippen LogP contribution is 2.02. The number of carbonyl (C=O) groups is 2. The minimum absolute atomic E-state index is 0.626. The van der Waals surface area contributed by atoms with Gasteiger partial charge in [-0.1, -0.05) is 60.7 Å². The van der Waals surface area contributed by atoms with Gasteiger partial charge in [0.05, 0.1) is 0 Å². The average Bonchev–Trinajstić information content (AvgIpc) is 2.71. The third-order valence-corrected chi connectivity index (χ3v) is 2.78. The zero-order valence-corrected chi connectivity index (χ0v) is 13.9. The number of benzene rings is 2. The van der Waals surface area contributed by atoms with Gasteiger partial charge in [0.2, 0.25) is 6.40 Å². The van der Waals surface area contributed by atoms with E-state index >= 15 is 0 Å². The molecule has 26 heavy (non-hydrogen) atoms. The lowest BCUT2D eigenvalue weighted by Gasteiger charge is -1.94. The molecule has 2 aromatic rings. The summed E-state index contributed by atoms with van der Waals surface area (Å²) in [5.74, 6) is -1.30. The Balaban J connectivity index is 0.00000163. The van der Waals surface area contributed by atoms with Crippen LogP contribution in [0.1, 0.15) is 11.1 Å². The number of esters is 1. The first-order valence-electron chi connectivity index (χ1n) is 7.49. The Hall–Kier alpha value is -3.80. The Morgan fingerprint density at radius 1 is 0.808 bits per heavy atom. The Morgan fingerprint density at radius 3 is 1.77 bits per heavy atom. The summed E-state index contributed by atoms with van der Waals surface area (Å²) in [6.45, 7) is 2.50. The van der Waals surface area contributed by atoms with Crippen LogP contribution in [0.3, 0.4) is 0 Å². The van der Waals surface area contributed by atoms with Crippen molar-refractivity contribution in [3.63, 3.8) is 0 Å². The number of nitrogens with zero attached hydrogens (tertiary/aromatic N) is 1. The number of rotatable bonds is 6. The number of oxime groups is 1. The summed E-state index contributed by atoms with van der Waals surface area (Å²) in [5.41, 5.74) is 1.72. The third kappa shape index (κ3) is 8.73. The van der Waals surface area contributed by atoms with Gasteiger partial charge in [-0.3, -0.25) is 0 Å². The van der Waals surface area contributed by atoms with E-state index in [4.69, 9.17) is 5.41 Å². The van der Waals surface area contributed by atoms with Crippen molar-refractivity contribution in [2.24, 2.45) is 5.16 Å². The fourth-order valence-corrected chi connectivity index (χ4v) is 1.67. The fraction of sp³-hybridized carbons (Fsp3) is 0. The van der Waals surface area contributed by atoms with Gasteiger partial charge in [-0.15, -0.1) is 0 Å². The molecule has 0 aromatic heterocycles. The number of carbonyl (C=O) groups excluding carboxylic acids is 2. The maximum Gasteiger partial charge on any atom is 0.358 e. The van der Waals surface area contributed by atoms with Crippen molar-refractivity contribution in [1.29, 1.82) is 5.41 Å². The molecule has 6 heteroatoms. The van der Waals surface area contributed by atoms with E-state index in [2.05, 4.69) is 21.4 Å². The van der Waals surface area contributed by atoms with Crippen LogP contribution in [0.15, 0.2) is 78.0 Å². The molecule has 2 aromatic carbocycles. The predicted octanol–water partition coefficient (Wildman–Crippen LogP) is 3.71. The molecule has 0 atom stereocenters. The molecule has 0 aliphatic rings. The van der Waals surface area contributed by atoms with Gasteiger partial charge in [-0.05, 0) is 35.2 Å².